The van der Waals surface area contributed by atoms with Crippen molar-refractivity contribution in [3.63, 3.8) is 0 Å². The molecule has 0 fully saturated rings. The highest BCUT2D eigenvalue weighted by atomic mass is 16.4. The number of fused-ring (bicyclic) bond motifs is 1. The monoisotopic (exact) mass is 315 g/mol. The van der Waals surface area contributed by atoms with Gasteiger partial charge in [0.15, 0.2) is 0 Å². The molecule has 1 heterocycles. The molecule has 2 rings (SSSR count). The van der Waals surface area contributed by atoms with Gasteiger partial charge in [0.05, 0.1) is 12.0 Å². The predicted molar refractivity (Wildman–Crippen MR) is 87.6 cm³/mol. The average molecular weight is 315 g/mol. The van der Waals surface area contributed by atoms with Crippen molar-refractivity contribution in [3.8, 4) is 0 Å². The van der Waals surface area contributed by atoms with Crippen molar-refractivity contribution in [3.05, 3.63) is 36.0 Å². The second kappa shape index (κ2) is 7.81. The number of aromatic amines is 1. The van der Waals surface area contributed by atoms with E-state index < -0.39 is 12.0 Å². The Labute approximate surface area is 136 Å². The van der Waals surface area contributed by atoms with Crippen LogP contribution >= 0.6 is 0 Å². The molecule has 5 nitrogen and oxygen atoms in total. The Hall–Kier alpha value is -2.30. The number of aromatic nitrogens is 1. The third kappa shape index (κ3) is 4.34. The minimum atomic E-state index is -1.22. The summed E-state index contributed by atoms with van der Waals surface area (Å²) in [6.45, 7) is 3.69. The van der Waals surface area contributed by atoms with E-state index in [0.29, 0.717) is 19.3 Å². The van der Waals surface area contributed by atoms with Crippen LogP contribution in [0.15, 0.2) is 30.5 Å². The third-order valence-corrected chi connectivity index (χ3v) is 4.31. The van der Waals surface area contributed by atoms with Gasteiger partial charge in [-0.05, 0) is 30.4 Å². The number of carboxylic acids is 1. The Morgan fingerprint density at radius 3 is 2.74 bits per heavy atom. The molecule has 0 aliphatic carbocycles. The molecule has 5 heteroatoms. The fraction of sp³-hybridized carbons (Fsp3) is 0.444. The number of rotatable bonds is 8. The van der Waals surface area contributed by atoms with Crippen molar-refractivity contribution < 1.29 is 14.7 Å². The molecule has 0 spiro atoms. The van der Waals surface area contributed by atoms with Gasteiger partial charge in [0.25, 0.3) is 0 Å². The number of hydrogen-bond acceptors (Lipinski definition) is 3. The van der Waals surface area contributed by atoms with Crippen molar-refractivity contribution in [1.29, 1.82) is 0 Å². The first-order chi connectivity index (χ1) is 11.0. The van der Waals surface area contributed by atoms with Gasteiger partial charge in [-0.3, -0.25) is 4.79 Å². The van der Waals surface area contributed by atoms with E-state index in [1.165, 1.54) is 10.9 Å². The summed E-state index contributed by atoms with van der Waals surface area (Å²) in [6.07, 6.45) is 4.39. The van der Waals surface area contributed by atoms with E-state index in [-0.39, 0.29) is 11.8 Å². The smallest absolute Gasteiger partial charge is 0.220 e. The molecule has 23 heavy (non-hydrogen) atoms. The third-order valence-electron chi connectivity index (χ3n) is 4.31. The van der Waals surface area contributed by atoms with Crippen LogP contribution in [0.25, 0.3) is 10.9 Å². The van der Waals surface area contributed by atoms with Crippen LogP contribution in [0.2, 0.25) is 0 Å². The number of aliphatic carboxylic acids is 1. The topological polar surface area (TPSA) is 85.0 Å². The Bertz CT molecular complexity index is 678. The van der Waals surface area contributed by atoms with Gasteiger partial charge in [0, 0.05) is 23.5 Å². The van der Waals surface area contributed by atoms with Crippen molar-refractivity contribution in [2.75, 3.05) is 0 Å². The first-order valence-corrected chi connectivity index (χ1v) is 8.08. The van der Waals surface area contributed by atoms with Crippen LogP contribution in [-0.2, 0) is 16.0 Å². The highest BCUT2D eigenvalue weighted by Gasteiger charge is 2.19. The van der Waals surface area contributed by atoms with Gasteiger partial charge in [0.2, 0.25) is 5.91 Å². The lowest BCUT2D eigenvalue weighted by atomic mass is 9.99. The molecule has 2 atom stereocenters. The second-order valence-electron chi connectivity index (χ2n) is 5.96. The highest BCUT2D eigenvalue weighted by molar-refractivity contribution is 5.84. The van der Waals surface area contributed by atoms with Crippen LogP contribution in [0.1, 0.15) is 38.7 Å². The van der Waals surface area contributed by atoms with Gasteiger partial charge < -0.3 is 20.2 Å². The molecule has 2 N–H and O–H groups in total. The minimum absolute atomic E-state index is 0.141. The van der Waals surface area contributed by atoms with Crippen LogP contribution < -0.4 is 10.4 Å². The number of benzene rings is 1. The largest absolute Gasteiger partial charge is 0.548 e. The number of nitrogens with one attached hydrogen (secondary N) is 2. The predicted octanol–water partition coefficient (Wildman–Crippen LogP) is 1.77. The van der Waals surface area contributed by atoms with E-state index in [1.54, 1.807) is 6.92 Å². The van der Waals surface area contributed by atoms with Crippen LogP contribution in [-0.4, -0.2) is 22.9 Å². The number of carbonyl (C=O) groups excluding carboxylic acids is 2. The summed E-state index contributed by atoms with van der Waals surface area (Å²) in [5, 5.41) is 14.9. The van der Waals surface area contributed by atoms with Crippen molar-refractivity contribution >= 4 is 22.8 Å². The SMILES string of the molecule is CC[C@H](C)[C@@H](NC(=O)CCCc1c[nH]c2ccccc12)C(=O)[O-]. The number of hydrogen-bond donors (Lipinski definition) is 2. The molecule has 0 unspecified atom stereocenters. The number of carbonyl (C=O) groups is 2. The summed E-state index contributed by atoms with van der Waals surface area (Å²) in [5.41, 5.74) is 2.26. The molecular formula is C18H23N2O3-. The average Bonchev–Trinajstić information content (AvgIpc) is 2.95. The zero-order valence-electron chi connectivity index (χ0n) is 13.6. The Morgan fingerprint density at radius 2 is 2.04 bits per heavy atom. The molecule has 0 radical (unpaired) electrons. The molecule has 0 saturated heterocycles. The Morgan fingerprint density at radius 1 is 1.30 bits per heavy atom. The van der Waals surface area contributed by atoms with E-state index in [2.05, 4.69) is 16.4 Å². The molecule has 2 aromatic rings. The first kappa shape index (κ1) is 17.1. The summed E-state index contributed by atoms with van der Waals surface area (Å²) in [5.74, 6) is -1.60. The van der Waals surface area contributed by atoms with Crippen molar-refractivity contribution in [1.82, 2.24) is 10.3 Å². The maximum atomic E-state index is 12.0. The number of carboxylic acid groups (broad SMARTS) is 1. The number of amides is 1. The first-order valence-electron chi connectivity index (χ1n) is 8.08. The number of para-hydroxylation sites is 1. The van der Waals surface area contributed by atoms with Crippen molar-refractivity contribution in [2.24, 2.45) is 5.92 Å². The lowest BCUT2D eigenvalue weighted by Crippen LogP contribution is -2.51. The fourth-order valence-electron chi connectivity index (χ4n) is 2.69. The molecule has 124 valence electrons. The Kier molecular flexibility index (Phi) is 5.79. The summed E-state index contributed by atoms with van der Waals surface area (Å²) in [7, 11) is 0. The van der Waals surface area contributed by atoms with E-state index in [4.69, 9.17) is 0 Å². The zero-order valence-corrected chi connectivity index (χ0v) is 13.6. The maximum absolute atomic E-state index is 12.0. The minimum Gasteiger partial charge on any atom is -0.548 e. The van der Waals surface area contributed by atoms with Crippen LogP contribution in [0.4, 0.5) is 0 Å². The number of H-pyrrole nitrogens is 1. The van der Waals surface area contributed by atoms with Gasteiger partial charge >= 0.3 is 0 Å². The Balaban J connectivity index is 1.86. The van der Waals surface area contributed by atoms with Gasteiger partial charge in [0.1, 0.15) is 0 Å². The van der Waals surface area contributed by atoms with E-state index in [1.807, 2.05) is 31.3 Å². The second-order valence-corrected chi connectivity index (χ2v) is 5.96. The van der Waals surface area contributed by atoms with E-state index in [0.717, 1.165) is 11.9 Å². The van der Waals surface area contributed by atoms with E-state index in [9.17, 15) is 14.7 Å². The molecule has 1 aromatic carbocycles. The molecule has 0 saturated carbocycles. The highest BCUT2D eigenvalue weighted by Crippen LogP contribution is 2.19. The van der Waals surface area contributed by atoms with Crippen LogP contribution in [0.5, 0.6) is 0 Å². The molecule has 1 amide bonds. The maximum Gasteiger partial charge on any atom is 0.220 e. The van der Waals surface area contributed by atoms with Gasteiger partial charge in [-0.2, -0.15) is 0 Å². The quantitative estimate of drug-likeness (QED) is 0.778. The summed E-state index contributed by atoms with van der Waals surface area (Å²) < 4.78 is 0. The van der Waals surface area contributed by atoms with Gasteiger partial charge in [-0.15, -0.1) is 0 Å². The summed E-state index contributed by atoms with van der Waals surface area (Å²) in [4.78, 5) is 26.3. The van der Waals surface area contributed by atoms with Crippen LogP contribution in [0, 0.1) is 5.92 Å². The van der Waals surface area contributed by atoms with Crippen LogP contribution in [0.3, 0.4) is 0 Å². The lowest BCUT2D eigenvalue weighted by Gasteiger charge is -2.25. The molecule has 0 aliphatic heterocycles. The summed E-state index contributed by atoms with van der Waals surface area (Å²) >= 11 is 0. The normalized spacial score (nSPS) is 13.7. The van der Waals surface area contributed by atoms with E-state index >= 15 is 0 Å². The fourth-order valence-corrected chi connectivity index (χ4v) is 2.69. The number of aryl methyl sites for hydroxylation is 1. The molecular weight excluding hydrogens is 292 g/mol. The van der Waals surface area contributed by atoms with Gasteiger partial charge in [-0.25, -0.2) is 0 Å². The lowest BCUT2D eigenvalue weighted by molar-refractivity contribution is -0.309. The summed E-state index contributed by atoms with van der Waals surface area (Å²) in [6, 6.07) is 7.12. The molecule has 0 bridgehead atoms. The zero-order chi connectivity index (χ0) is 16.8. The molecule has 0 aliphatic rings. The molecule has 1 aromatic heterocycles. The van der Waals surface area contributed by atoms with Crippen molar-refractivity contribution in [2.45, 2.75) is 45.6 Å². The standard InChI is InChI=1S/C18H24N2O3/c1-3-12(2)17(18(22)23)20-16(21)10-6-7-13-11-19-15-9-5-4-8-14(13)15/h4-5,8-9,11-12,17,19H,3,6-7,10H2,1-2H3,(H,20,21)(H,22,23)/p-1/t12-,17+/m0/s1. The van der Waals surface area contributed by atoms with Gasteiger partial charge in [-0.1, -0.05) is 38.5 Å².